The zero-order chi connectivity index (χ0) is 22.1. The van der Waals surface area contributed by atoms with E-state index >= 15 is 0 Å². The van der Waals surface area contributed by atoms with E-state index in [0.29, 0.717) is 28.9 Å². The summed E-state index contributed by atoms with van der Waals surface area (Å²) in [6.07, 6.45) is 0.840. The molecule has 2 rings (SSSR count). The standard InChI is InChI=1S/C22H25BrCl2N2O2S/c1-3-10-26-22(29)15(2)27(12-16-6-4-7-17(23)11-16)21(28)14-30-13-18-19(24)8-5-9-20(18)25/h4-9,11,15H,3,10,12-14H2,1-2H3,(H,26,29)/t15-/m0/s1. The smallest absolute Gasteiger partial charge is 0.242 e. The number of benzene rings is 2. The highest BCUT2D eigenvalue weighted by Crippen LogP contribution is 2.28. The highest BCUT2D eigenvalue weighted by molar-refractivity contribution is 9.10. The summed E-state index contributed by atoms with van der Waals surface area (Å²) < 4.78 is 0.929. The largest absolute Gasteiger partial charge is 0.354 e. The van der Waals surface area contributed by atoms with Gasteiger partial charge in [0.15, 0.2) is 0 Å². The Morgan fingerprint density at radius 2 is 1.83 bits per heavy atom. The number of thioether (sulfide) groups is 1. The molecule has 2 aromatic carbocycles. The predicted octanol–water partition coefficient (Wildman–Crippen LogP) is 5.93. The van der Waals surface area contributed by atoms with E-state index in [0.717, 1.165) is 22.0 Å². The summed E-state index contributed by atoms with van der Waals surface area (Å²) in [6, 6.07) is 12.5. The Morgan fingerprint density at radius 1 is 1.17 bits per heavy atom. The lowest BCUT2D eigenvalue weighted by molar-refractivity contribution is -0.138. The van der Waals surface area contributed by atoms with E-state index in [-0.39, 0.29) is 17.6 Å². The fourth-order valence-corrected chi connectivity index (χ4v) is 4.90. The van der Waals surface area contributed by atoms with Gasteiger partial charge in [-0.2, -0.15) is 0 Å². The second kappa shape index (κ2) is 12.6. The maximum absolute atomic E-state index is 13.1. The minimum absolute atomic E-state index is 0.109. The first-order valence-electron chi connectivity index (χ1n) is 9.65. The Bertz CT molecular complexity index is 862. The average Bonchev–Trinajstić information content (AvgIpc) is 2.71. The molecule has 30 heavy (non-hydrogen) atoms. The maximum Gasteiger partial charge on any atom is 0.242 e. The SMILES string of the molecule is CCCNC(=O)[C@H](C)N(Cc1cccc(Br)c1)C(=O)CSCc1c(Cl)cccc1Cl. The molecule has 4 nitrogen and oxygen atoms in total. The summed E-state index contributed by atoms with van der Waals surface area (Å²) in [5, 5.41) is 4.05. The first kappa shape index (κ1) is 25.1. The molecule has 0 aliphatic heterocycles. The van der Waals surface area contributed by atoms with Crippen LogP contribution >= 0.6 is 50.9 Å². The maximum atomic E-state index is 13.1. The second-order valence-electron chi connectivity index (χ2n) is 6.81. The van der Waals surface area contributed by atoms with Gasteiger partial charge in [0.2, 0.25) is 11.8 Å². The number of carbonyl (C=O) groups excluding carboxylic acids is 2. The lowest BCUT2D eigenvalue weighted by Crippen LogP contribution is -2.48. The van der Waals surface area contributed by atoms with E-state index in [4.69, 9.17) is 23.2 Å². The van der Waals surface area contributed by atoms with Crippen LogP contribution in [0.15, 0.2) is 46.9 Å². The molecule has 1 atom stereocenters. The van der Waals surface area contributed by atoms with Crippen molar-refractivity contribution in [1.82, 2.24) is 10.2 Å². The van der Waals surface area contributed by atoms with Crippen LogP contribution < -0.4 is 5.32 Å². The van der Waals surface area contributed by atoms with Crippen molar-refractivity contribution in [2.75, 3.05) is 12.3 Å². The summed E-state index contributed by atoms with van der Waals surface area (Å²) in [6.45, 7) is 4.69. The summed E-state index contributed by atoms with van der Waals surface area (Å²) >= 11 is 17.3. The Labute approximate surface area is 200 Å². The summed E-state index contributed by atoms with van der Waals surface area (Å²) in [5.41, 5.74) is 1.76. The third-order valence-corrected chi connectivity index (χ3v) is 6.64. The highest BCUT2D eigenvalue weighted by atomic mass is 79.9. The zero-order valence-corrected chi connectivity index (χ0v) is 20.9. The lowest BCUT2D eigenvalue weighted by atomic mass is 10.1. The lowest BCUT2D eigenvalue weighted by Gasteiger charge is -2.29. The van der Waals surface area contributed by atoms with Gasteiger partial charge in [0.25, 0.3) is 0 Å². The van der Waals surface area contributed by atoms with Gasteiger partial charge < -0.3 is 10.2 Å². The Morgan fingerprint density at radius 3 is 2.47 bits per heavy atom. The van der Waals surface area contributed by atoms with Gasteiger partial charge in [0.05, 0.1) is 5.75 Å². The molecular formula is C22H25BrCl2N2O2S. The number of carbonyl (C=O) groups is 2. The van der Waals surface area contributed by atoms with Gasteiger partial charge in [-0.05, 0) is 48.7 Å². The monoisotopic (exact) mass is 530 g/mol. The van der Waals surface area contributed by atoms with E-state index < -0.39 is 6.04 Å². The van der Waals surface area contributed by atoms with Crippen molar-refractivity contribution in [3.05, 3.63) is 68.1 Å². The number of hydrogen-bond donors (Lipinski definition) is 1. The van der Waals surface area contributed by atoms with Crippen LogP contribution in [-0.4, -0.2) is 35.1 Å². The minimum Gasteiger partial charge on any atom is -0.354 e. The van der Waals surface area contributed by atoms with Crippen molar-refractivity contribution < 1.29 is 9.59 Å². The van der Waals surface area contributed by atoms with Crippen LogP contribution in [0.2, 0.25) is 10.0 Å². The van der Waals surface area contributed by atoms with E-state index in [2.05, 4.69) is 21.2 Å². The Kier molecular flexibility index (Phi) is 10.5. The molecule has 0 radical (unpaired) electrons. The molecule has 0 bridgehead atoms. The van der Waals surface area contributed by atoms with Crippen LogP contribution in [-0.2, 0) is 21.9 Å². The molecular weight excluding hydrogens is 507 g/mol. The fraction of sp³-hybridized carbons (Fsp3) is 0.364. The van der Waals surface area contributed by atoms with Crippen molar-refractivity contribution in [2.45, 2.75) is 38.6 Å². The van der Waals surface area contributed by atoms with Crippen LogP contribution in [0.1, 0.15) is 31.4 Å². The topological polar surface area (TPSA) is 49.4 Å². The number of halogens is 3. The molecule has 0 aliphatic rings. The van der Waals surface area contributed by atoms with E-state index in [1.54, 1.807) is 30.0 Å². The molecule has 2 amide bonds. The van der Waals surface area contributed by atoms with Crippen molar-refractivity contribution >= 4 is 62.7 Å². The van der Waals surface area contributed by atoms with Crippen molar-refractivity contribution in [2.24, 2.45) is 0 Å². The van der Waals surface area contributed by atoms with E-state index in [9.17, 15) is 9.59 Å². The second-order valence-corrected chi connectivity index (χ2v) is 9.53. The van der Waals surface area contributed by atoms with Gasteiger partial charge in [-0.15, -0.1) is 11.8 Å². The van der Waals surface area contributed by atoms with Gasteiger partial charge >= 0.3 is 0 Å². The molecule has 0 fully saturated rings. The molecule has 0 unspecified atom stereocenters. The molecule has 8 heteroatoms. The minimum atomic E-state index is -0.576. The van der Waals surface area contributed by atoms with Gasteiger partial charge in [-0.3, -0.25) is 9.59 Å². The fourth-order valence-electron chi connectivity index (χ4n) is 2.80. The molecule has 0 saturated carbocycles. The summed E-state index contributed by atoms with van der Waals surface area (Å²) in [7, 11) is 0. The Balaban J connectivity index is 2.09. The molecule has 0 aliphatic carbocycles. The summed E-state index contributed by atoms with van der Waals surface area (Å²) in [4.78, 5) is 27.2. The number of rotatable bonds is 10. The van der Waals surface area contributed by atoms with Crippen LogP contribution in [0.4, 0.5) is 0 Å². The third-order valence-electron chi connectivity index (χ3n) is 4.49. The van der Waals surface area contributed by atoms with E-state index in [1.165, 1.54) is 11.8 Å². The molecule has 0 saturated heterocycles. The summed E-state index contributed by atoms with van der Waals surface area (Å²) in [5.74, 6) is 0.480. The van der Waals surface area contributed by atoms with Crippen LogP contribution in [0, 0.1) is 0 Å². The molecule has 0 heterocycles. The Hall–Kier alpha value is -1.21. The number of nitrogens with one attached hydrogen (secondary N) is 1. The molecule has 1 N–H and O–H groups in total. The number of hydrogen-bond acceptors (Lipinski definition) is 3. The van der Waals surface area contributed by atoms with Crippen molar-refractivity contribution in [1.29, 1.82) is 0 Å². The quantitative estimate of drug-likeness (QED) is 0.413. The normalized spacial score (nSPS) is 11.8. The molecule has 2 aromatic rings. The van der Waals surface area contributed by atoms with Crippen LogP contribution in [0.3, 0.4) is 0 Å². The van der Waals surface area contributed by atoms with Gasteiger partial charge in [0, 0.05) is 33.4 Å². The van der Waals surface area contributed by atoms with Crippen molar-refractivity contribution in [3.8, 4) is 0 Å². The van der Waals surface area contributed by atoms with Gasteiger partial charge in [0.1, 0.15) is 6.04 Å². The van der Waals surface area contributed by atoms with Crippen LogP contribution in [0.5, 0.6) is 0 Å². The first-order chi connectivity index (χ1) is 14.3. The van der Waals surface area contributed by atoms with E-state index in [1.807, 2.05) is 31.2 Å². The molecule has 0 aromatic heterocycles. The first-order valence-corrected chi connectivity index (χ1v) is 12.4. The predicted molar refractivity (Wildman–Crippen MR) is 130 cm³/mol. The average molecular weight is 532 g/mol. The zero-order valence-electron chi connectivity index (χ0n) is 17.0. The molecule has 0 spiro atoms. The van der Waals surface area contributed by atoms with Crippen LogP contribution in [0.25, 0.3) is 0 Å². The highest BCUT2D eigenvalue weighted by Gasteiger charge is 2.26. The number of amides is 2. The van der Waals surface area contributed by atoms with Gasteiger partial charge in [-0.25, -0.2) is 0 Å². The third kappa shape index (κ3) is 7.49. The van der Waals surface area contributed by atoms with Gasteiger partial charge in [-0.1, -0.05) is 64.3 Å². The molecule has 162 valence electrons. The number of nitrogens with zero attached hydrogens (tertiary/aromatic N) is 1. The van der Waals surface area contributed by atoms with Crippen molar-refractivity contribution in [3.63, 3.8) is 0 Å².